The quantitative estimate of drug-likeness (QED) is 0.665. The molecule has 0 spiro atoms. The number of carbonyl (C=O) groups is 1. The molecule has 0 radical (unpaired) electrons. The summed E-state index contributed by atoms with van der Waals surface area (Å²) in [5.41, 5.74) is 8.18. The maximum Gasteiger partial charge on any atom is 0.220 e. The van der Waals surface area contributed by atoms with E-state index in [9.17, 15) is 4.79 Å². The molecule has 1 aromatic heterocycles. The summed E-state index contributed by atoms with van der Waals surface area (Å²) in [4.78, 5) is 12.1. The molecule has 2 aromatic carbocycles. The smallest absolute Gasteiger partial charge is 0.220 e. The van der Waals surface area contributed by atoms with Crippen LogP contribution in [0.2, 0.25) is 0 Å². The summed E-state index contributed by atoms with van der Waals surface area (Å²) in [5, 5.41) is 7.55. The predicted octanol–water partition coefficient (Wildman–Crippen LogP) is 4.40. The van der Waals surface area contributed by atoms with Crippen LogP contribution in [0.4, 0.5) is 0 Å². The molecule has 0 aliphatic carbocycles. The summed E-state index contributed by atoms with van der Waals surface area (Å²) in [5.74, 6) is 0.110. The first-order valence-corrected chi connectivity index (χ1v) is 9.88. The first-order chi connectivity index (χ1) is 13.4. The fraction of sp³-hybridized carbons (Fsp3) is 0.333. The number of hydrogen-bond donors (Lipinski definition) is 1. The maximum absolute atomic E-state index is 12.1. The van der Waals surface area contributed by atoms with Gasteiger partial charge in [-0.2, -0.15) is 5.10 Å². The zero-order valence-corrected chi connectivity index (χ0v) is 17.2. The van der Waals surface area contributed by atoms with Gasteiger partial charge in [0.25, 0.3) is 0 Å². The lowest BCUT2D eigenvalue weighted by molar-refractivity contribution is -0.121. The molecule has 0 aliphatic heterocycles. The number of amides is 1. The molecule has 0 bridgehead atoms. The van der Waals surface area contributed by atoms with E-state index in [2.05, 4.69) is 79.7 Å². The summed E-state index contributed by atoms with van der Waals surface area (Å²) in [7, 11) is 0. The highest BCUT2D eigenvalue weighted by molar-refractivity contribution is 5.76. The van der Waals surface area contributed by atoms with Crippen LogP contribution in [0.15, 0.2) is 48.5 Å². The molecule has 0 atom stereocenters. The monoisotopic (exact) mass is 375 g/mol. The Bertz CT molecular complexity index is 954. The molecule has 146 valence electrons. The van der Waals surface area contributed by atoms with Gasteiger partial charge in [-0.05, 0) is 75.4 Å². The van der Waals surface area contributed by atoms with E-state index in [1.807, 2.05) is 11.6 Å². The van der Waals surface area contributed by atoms with Gasteiger partial charge in [0.05, 0.1) is 11.4 Å². The maximum atomic E-state index is 12.1. The number of benzene rings is 2. The topological polar surface area (TPSA) is 46.9 Å². The molecule has 3 rings (SSSR count). The summed E-state index contributed by atoms with van der Waals surface area (Å²) in [6.45, 7) is 8.91. The number of nitrogens with zero attached hydrogens (tertiary/aromatic N) is 2. The van der Waals surface area contributed by atoms with Gasteiger partial charge in [0.1, 0.15) is 0 Å². The van der Waals surface area contributed by atoms with Crippen molar-refractivity contribution in [2.24, 2.45) is 0 Å². The molecule has 1 amide bonds. The molecule has 0 saturated carbocycles. The van der Waals surface area contributed by atoms with Crippen LogP contribution in [0.3, 0.4) is 0 Å². The number of aryl methyl sites for hydroxylation is 5. The minimum atomic E-state index is 0.110. The van der Waals surface area contributed by atoms with Crippen molar-refractivity contribution in [2.75, 3.05) is 6.54 Å². The highest BCUT2D eigenvalue weighted by atomic mass is 16.1. The van der Waals surface area contributed by atoms with Gasteiger partial charge in [0, 0.05) is 18.7 Å². The highest BCUT2D eigenvalue weighted by Gasteiger charge is 2.06. The Morgan fingerprint density at radius 2 is 1.71 bits per heavy atom. The van der Waals surface area contributed by atoms with Crippen molar-refractivity contribution < 1.29 is 4.79 Å². The molecule has 4 nitrogen and oxygen atoms in total. The highest BCUT2D eigenvalue weighted by Crippen LogP contribution is 2.14. The second-order valence-corrected chi connectivity index (χ2v) is 7.54. The fourth-order valence-corrected chi connectivity index (χ4v) is 3.50. The Kier molecular flexibility index (Phi) is 6.30. The van der Waals surface area contributed by atoms with E-state index in [1.165, 1.54) is 22.3 Å². The largest absolute Gasteiger partial charge is 0.356 e. The normalized spacial score (nSPS) is 10.9. The minimum absolute atomic E-state index is 0.110. The van der Waals surface area contributed by atoms with E-state index >= 15 is 0 Å². The third kappa shape index (κ3) is 5.10. The van der Waals surface area contributed by atoms with Crippen LogP contribution in [0, 0.1) is 27.7 Å². The standard InChI is InChI=1S/C24H29N3O/c1-17-5-8-22(18(2)15-17)9-12-24(28)25-14-13-21-6-10-23(11-7-21)27-20(4)16-19(3)26-27/h5-8,10-11,15-16H,9,12-14H2,1-4H3,(H,25,28). The van der Waals surface area contributed by atoms with Gasteiger partial charge in [-0.3, -0.25) is 4.79 Å². The Balaban J connectivity index is 1.45. The summed E-state index contributed by atoms with van der Waals surface area (Å²) >= 11 is 0. The molecular formula is C24H29N3O. The Morgan fingerprint density at radius 1 is 0.964 bits per heavy atom. The number of aromatic nitrogens is 2. The zero-order chi connectivity index (χ0) is 20.1. The second-order valence-electron chi connectivity index (χ2n) is 7.54. The molecule has 4 heteroatoms. The Morgan fingerprint density at radius 3 is 2.36 bits per heavy atom. The lowest BCUT2D eigenvalue weighted by Gasteiger charge is -2.09. The lowest BCUT2D eigenvalue weighted by Crippen LogP contribution is -2.25. The first kappa shape index (κ1) is 19.9. The molecule has 0 aliphatic rings. The molecule has 28 heavy (non-hydrogen) atoms. The number of nitrogens with one attached hydrogen (secondary N) is 1. The predicted molar refractivity (Wildman–Crippen MR) is 114 cm³/mol. The van der Waals surface area contributed by atoms with E-state index in [-0.39, 0.29) is 5.91 Å². The molecule has 1 heterocycles. The van der Waals surface area contributed by atoms with E-state index in [4.69, 9.17) is 0 Å². The van der Waals surface area contributed by atoms with Crippen molar-refractivity contribution in [3.05, 3.63) is 82.2 Å². The van der Waals surface area contributed by atoms with Crippen molar-refractivity contribution in [3.63, 3.8) is 0 Å². The third-order valence-corrected chi connectivity index (χ3v) is 5.05. The van der Waals surface area contributed by atoms with Crippen LogP contribution in [-0.2, 0) is 17.6 Å². The van der Waals surface area contributed by atoms with Crippen LogP contribution in [0.1, 0.15) is 40.1 Å². The van der Waals surface area contributed by atoms with Crippen LogP contribution < -0.4 is 5.32 Å². The van der Waals surface area contributed by atoms with Gasteiger partial charge in [0.2, 0.25) is 5.91 Å². The molecule has 1 N–H and O–H groups in total. The first-order valence-electron chi connectivity index (χ1n) is 9.88. The van der Waals surface area contributed by atoms with Gasteiger partial charge < -0.3 is 5.32 Å². The molecule has 0 fully saturated rings. The third-order valence-electron chi connectivity index (χ3n) is 5.05. The second kappa shape index (κ2) is 8.87. The van der Waals surface area contributed by atoms with Crippen LogP contribution >= 0.6 is 0 Å². The van der Waals surface area contributed by atoms with Crippen molar-refractivity contribution in [1.29, 1.82) is 0 Å². The van der Waals surface area contributed by atoms with Crippen LogP contribution in [0.5, 0.6) is 0 Å². The van der Waals surface area contributed by atoms with Gasteiger partial charge >= 0.3 is 0 Å². The van der Waals surface area contributed by atoms with E-state index in [1.54, 1.807) is 0 Å². The molecule has 0 saturated heterocycles. The van der Waals surface area contributed by atoms with E-state index in [0.29, 0.717) is 13.0 Å². The summed E-state index contributed by atoms with van der Waals surface area (Å²) in [6, 6.07) is 16.8. The zero-order valence-electron chi connectivity index (χ0n) is 17.2. The number of hydrogen-bond acceptors (Lipinski definition) is 2. The molecule has 0 unspecified atom stereocenters. The van der Waals surface area contributed by atoms with Crippen molar-refractivity contribution in [1.82, 2.24) is 15.1 Å². The summed E-state index contributed by atoms with van der Waals surface area (Å²) in [6.07, 6.45) is 2.14. The average molecular weight is 376 g/mol. The van der Waals surface area contributed by atoms with Gasteiger partial charge in [-0.15, -0.1) is 0 Å². The van der Waals surface area contributed by atoms with E-state index in [0.717, 1.165) is 29.9 Å². The SMILES string of the molecule is Cc1ccc(CCC(=O)NCCc2ccc(-n3nc(C)cc3C)cc2)c(C)c1. The van der Waals surface area contributed by atoms with Gasteiger partial charge in [0.15, 0.2) is 0 Å². The Hall–Kier alpha value is -2.88. The van der Waals surface area contributed by atoms with Crippen molar-refractivity contribution in [3.8, 4) is 5.69 Å². The Labute approximate surface area is 167 Å². The fourth-order valence-electron chi connectivity index (χ4n) is 3.50. The number of rotatable bonds is 7. The average Bonchev–Trinajstić information content (AvgIpc) is 3.00. The summed E-state index contributed by atoms with van der Waals surface area (Å²) < 4.78 is 1.95. The van der Waals surface area contributed by atoms with Crippen LogP contribution in [0.25, 0.3) is 5.69 Å². The van der Waals surface area contributed by atoms with Gasteiger partial charge in [-0.25, -0.2) is 4.68 Å². The van der Waals surface area contributed by atoms with Gasteiger partial charge in [-0.1, -0.05) is 35.9 Å². The van der Waals surface area contributed by atoms with E-state index < -0.39 is 0 Å². The van der Waals surface area contributed by atoms with Crippen molar-refractivity contribution >= 4 is 5.91 Å². The minimum Gasteiger partial charge on any atom is -0.356 e. The molecule has 3 aromatic rings. The van der Waals surface area contributed by atoms with Crippen LogP contribution in [-0.4, -0.2) is 22.2 Å². The lowest BCUT2D eigenvalue weighted by atomic mass is 10.0. The van der Waals surface area contributed by atoms with Crippen molar-refractivity contribution in [2.45, 2.75) is 47.0 Å². The number of carbonyl (C=O) groups excluding carboxylic acids is 1. The molecular weight excluding hydrogens is 346 g/mol.